The van der Waals surface area contributed by atoms with Gasteiger partial charge in [-0.15, -0.1) is 0 Å². The molecule has 2 N–H and O–H groups in total. The van der Waals surface area contributed by atoms with Crippen molar-refractivity contribution in [2.45, 2.75) is 19.4 Å². The third-order valence-electron chi connectivity index (χ3n) is 4.45. The molecule has 1 heterocycles. The lowest BCUT2D eigenvalue weighted by atomic mass is 10.2. The molecule has 0 bridgehead atoms. The summed E-state index contributed by atoms with van der Waals surface area (Å²) in [4.78, 5) is 24.4. The number of carbonyl (C=O) groups is 2. The quantitative estimate of drug-likeness (QED) is 0.510. The summed E-state index contributed by atoms with van der Waals surface area (Å²) >= 11 is 5.91. The Balaban J connectivity index is 1.42. The fourth-order valence-corrected chi connectivity index (χ4v) is 2.95. The zero-order valence-corrected chi connectivity index (χ0v) is 17.4. The average molecular weight is 427 g/mol. The molecule has 30 heavy (non-hydrogen) atoms. The van der Waals surface area contributed by atoms with Gasteiger partial charge in [-0.05, 0) is 48.4 Å². The summed E-state index contributed by atoms with van der Waals surface area (Å²) in [6.45, 7) is 0.931. The number of benzene rings is 2. The van der Waals surface area contributed by atoms with Crippen molar-refractivity contribution < 1.29 is 14.3 Å². The van der Waals surface area contributed by atoms with Crippen LogP contribution in [-0.2, 0) is 11.3 Å². The van der Waals surface area contributed by atoms with Crippen LogP contribution in [-0.4, -0.2) is 35.2 Å². The molecule has 2 aromatic carbocycles. The van der Waals surface area contributed by atoms with Gasteiger partial charge in [-0.2, -0.15) is 5.10 Å². The van der Waals surface area contributed by atoms with E-state index >= 15 is 0 Å². The summed E-state index contributed by atoms with van der Waals surface area (Å²) in [5, 5.41) is 10.6. The number of rotatable bonds is 9. The normalized spacial score (nSPS) is 10.5. The van der Waals surface area contributed by atoms with Gasteiger partial charge >= 0.3 is 0 Å². The lowest BCUT2D eigenvalue weighted by Gasteiger charge is -2.10. The molecule has 3 rings (SSSR count). The number of nitrogens with one attached hydrogen (secondary N) is 2. The van der Waals surface area contributed by atoms with Gasteiger partial charge < -0.3 is 15.4 Å². The van der Waals surface area contributed by atoms with Gasteiger partial charge in [0.25, 0.3) is 5.91 Å². The second-order valence-electron chi connectivity index (χ2n) is 6.64. The summed E-state index contributed by atoms with van der Waals surface area (Å²) in [6, 6.07) is 16.1. The number of ether oxygens (including phenoxy) is 1. The lowest BCUT2D eigenvalue weighted by Crippen LogP contribution is -2.25. The molecule has 2 amide bonds. The molecule has 0 aliphatic rings. The van der Waals surface area contributed by atoms with Crippen LogP contribution >= 0.6 is 11.6 Å². The standard InChI is InChI=1S/C22H23ClN4O3/c1-30-19-10-6-17(7-11-19)22(29)24-13-2-3-21(28)26-20-12-14-25-27(20)15-16-4-8-18(23)9-5-16/h4-12,14H,2-3,13,15H2,1H3,(H,24,29)(H,26,28). The van der Waals surface area contributed by atoms with E-state index in [4.69, 9.17) is 16.3 Å². The highest BCUT2D eigenvalue weighted by Gasteiger charge is 2.09. The van der Waals surface area contributed by atoms with Gasteiger partial charge in [0.1, 0.15) is 11.6 Å². The van der Waals surface area contributed by atoms with Crippen LogP contribution in [0.5, 0.6) is 5.75 Å². The summed E-state index contributed by atoms with van der Waals surface area (Å²) in [5.74, 6) is 1.00. The number of nitrogens with zero attached hydrogens (tertiary/aromatic N) is 2. The minimum atomic E-state index is -0.181. The number of hydrogen-bond donors (Lipinski definition) is 2. The number of carbonyl (C=O) groups excluding carboxylic acids is 2. The Morgan fingerprint density at radius 3 is 2.50 bits per heavy atom. The van der Waals surface area contributed by atoms with Gasteiger partial charge in [-0.1, -0.05) is 23.7 Å². The molecule has 0 spiro atoms. The van der Waals surface area contributed by atoms with Crippen molar-refractivity contribution in [2.24, 2.45) is 0 Å². The van der Waals surface area contributed by atoms with Crippen molar-refractivity contribution in [2.75, 3.05) is 19.0 Å². The first-order valence-corrected chi connectivity index (χ1v) is 9.91. The Kier molecular flexibility index (Phi) is 7.45. The molecule has 0 saturated carbocycles. The third-order valence-corrected chi connectivity index (χ3v) is 4.70. The van der Waals surface area contributed by atoms with Crippen molar-refractivity contribution in [1.29, 1.82) is 0 Å². The summed E-state index contributed by atoms with van der Waals surface area (Å²) in [6.07, 6.45) is 2.45. The van der Waals surface area contributed by atoms with Crippen LogP contribution in [0.15, 0.2) is 60.8 Å². The maximum atomic E-state index is 12.2. The number of halogens is 1. The van der Waals surface area contributed by atoms with Gasteiger partial charge in [0.15, 0.2) is 0 Å². The molecule has 7 nitrogen and oxygen atoms in total. The van der Waals surface area contributed by atoms with Crippen molar-refractivity contribution in [1.82, 2.24) is 15.1 Å². The molecular formula is C22H23ClN4O3. The predicted octanol–water partition coefficient (Wildman–Crippen LogP) is 3.74. The van der Waals surface area contributed by atoms with Crippen LogP contribution in [0.1, 0.15) is 28.8 Å². The first kappa shape index (κ1) is 21.4. The second-order valence-corrected chi connectivity index (χ2v) is 7.07. The van der Waals surface area contributed by atoms with E-state index in [9.17, 15) is 9.59 Å². The summed E-state index contributed by atoms with van der Waals surface area (Å²) < 4.78 is 6.79. The predicted molar refractivity (Wildman–Crippen MR) is 116 cm³/mol. The number of aromatic nitrogens is 2. The number of methoxy groups -OCH3 is 1. The molecule has 0 unspecified atom stereocenters. The Morgan fingerprint density at radius 1 is 1.07 bits per heavy atom. The van der Waals surface area contributed by atoms with Gasteiger partial charge in [0.2, 0.25) is 5.91 Å². The van der Waals surface area contributed by atoms with Gasteiger partial charge in [0.05, 0.1) is 19.9 Å². The van der Waals surface area contributed by atoms with Gasteiger partial charge in [-0.3, -0.25) is 9.59 Å². The summed E-state index contributed by atoms with van der Waals surface area (Å²) in [5.41, 5.74) is 1.58. The third kappa shape index (κ3) is 6.09. The molecule has 1 aromatic heterocycles. The molecule has 0 saturated heterocycles. The molecule has 8 heteroatoms. The monoisotopic (exact) mass is 426 g/mol. The number of anilines is 1. The zero-order valence-electron chi connectivity index (χ0n) is 16.6. The largest absolute Gasteiger partial charge is 0.497 e. The van der Waals surface area contributed by atoms with Crippen LogP contribution in [0.2, 0.25) is 5.02 Å². The van der Waals surface area contributed by atoms with Crippen LogP contribution in [0.3, 0.4) is 0 Å². The molecule has 0 atom stereocenters. The topological polar surface area (TPSA) is 85.2 Å². The van der Waals surface area contributed by atoms with Crippen LogP contribution < -0.4 is 15.4 Å². The van der Waals surface area contributed by atoms with Crippen molar-refractivity contribution in [3.8, 4) is 5.75 Å². The SMILES string of the molecule is COc1ccc(C(=O)NCCCC(=O)Nc2ccnn2Cc2ccc(Cl)cc2)cc1. The van der Waals surface area contributed by atoms with Crippen molar-refractivity contribution >= 4 is 29.2 Å². The first-order valence-electron chi connectivity index (χ1n) is 9.53. The molecular weight excluding hydrogens is 404 g/mol. The smallest absolute Gasteiger partial charge is 0.251 e. The van der Waals surface area contributed by atoms with E-state index in [1.807, 2.05) is 24.3 Å². The van der Waals surface area contributed by atoms with Crippen LogP contribution in [0, 0.1) is 0 Å². The Bertz CT molecular complexity index is 984. The van der Waals surface area contributed by atoms with Crippen molar-refractivity contribution in [3.63, 3.8) is 0 Å². The molecule has 0 aliphatic heterocycles. The molecule has 0 fully saturated rings. The Morgan fingerprint density at radius 2 is 1.80 bits per heavy atom. The Hall–Kier alpha value is -3.32. The highest BCUT2D eigenvalue weighted by atomic mass is 35.5. The van der Waals surface area contributed by atoms with Crippen LogP contribution in [0.25, 0.3) is 0 Å². The van der Waals surface area contributed by atoms with Crippen molar-refractivity contribution in [3.05, 3.63) is 76.9 Å². The lowest BCUT2D eigenvalue weighted by molar-refractivity contribution is -0.116. The molecule has 0 radical (unpaired) electrons. The fourth-order valence-electron chi connectivity index (χ4n) is 2.83. The van der Waals surface area contributed by atoms with E-state index in [0.29, 0.717) is 41.7 Å². The highest BCUT2D eigenvalue weighted by molar-refractivity contribution is 6.30. The second kappa shape index (κ2) is 10.5. The minimum absolute atomic E-state index is 0.133. The number of amides is 2. The van der Waals surface area contributed by atoms with E-state index in [2.05, 4.69) is 15.7 Å². The summed E-state index contributed by atoms with van der Waals surface area (Å²) in [7, 11) is 1.57. The first-order chi connectivity index (χ1) is 14.5. The van der Waals surface area contributed by atoms with Crippen LogP contribution in [0.4, 0.5) is 5.82 Å². The number of hydrogen-bond acceptors (Lipinski definition) is 4. The van der Waals surface area contributed by atoms with Gasteiger partial charge in [-0.25, -0.2) is 4.68 Å². The highest BCUT2D eigenvalue weighted by Crippen LogP contribution is 2.14. The molecule has 3 aromatic rings. The van der Waals surface area contributed by atoms with E-state index in [-0.39, 0.29) is 18.2 Å². The zero-order chi connectivity index (χ0) is 21.3. The fraction of sp³-hybridized carbons (Fsp3) is 0.227. The van der Waals surface area contributed by atoms with E-state index < -0.39 is 0 Å². The average Bonchev–Trinajstić information content (AvgIpc) is 3.19. The van der Waals surface area contributed by atoms with E-state index in [0.717, 1.165) is 5.56 Å². The minimum Gasteiger partial charge on any atom is -0.497 e. The maximum Gasteiger partial charge on any atom is 0.251 e. The van der Waals surface area contributed by atoms with E-state index in [1.165, 1.54) is 0 Å². The maximum absolute atomic E-state index is 12.2. The van der Waals surface area contributed by atoms with Gasteiger partial charge in [0, 0.05) is 29.6 Å². The Labute approximate surface area is 180 Å². The molecule has 0 aliphatic carbocycles. The van der Waals surface area contributed by atoms with E-state index in [1.54, 1.807) is 48.3 Å². The molecule has 156 valence electrons.